The highest BCUT2D eigenvalue weighted by atomic mass is 32.1. The van der Waals surface area contributed by atoms with Crippen molar-refractivity contribution in [1.82, 2.24) is 5.32 Å². The molecule has 5 heteroatoms. The van der Waals surface area contributed by atoms with Crippen LogP contribution in [0.3, 0.4) is 0 Å². The second-order valence-corrected chi connectivity index (χ2v) is 4.93. The molecule has 1 amide bonds. The molecular formula is C13H17N3OS. The van der Waals surface area contributed by atoms with E-state index in [1.54, 1.807) is 0 Å². The number of nitrogens with one attached hydrogen (secondary N) is 2. The molecule has 96 valence electrons. The first kappa shape index (κ1) is 12.8. The molecule has 1 fully saturated rings. The number of thiocarbonyl (C=S) groups is 1. The molecule has 0 aromatic heterocycles. The summed E-state index contributed by atoms with van der Waals surface area (Å²) < 4.78 is 0. The van der Waals surface area contributed by atoms with Gasteiger partial charge in [0, 0.05) is 17.8 Å². The van der Waals surface area contributed by atoms with Crippen molar-refractivity contribution in [1.29, 1.82) is 0 Å². The van der Waals surface area contributed by atoms with E-state index in [4.69, 9.17) is 18.0 Å². The van der Waals surface area contributed by atoms with Crippen LogP contribution in [0.5, 0.6) is 0 Å². The summed E-state index contributed by atoms with van der Waals surface area (Å²) >= 11 is 5.04. The van der Waals surface area contributed by atoms with Crippen LogP contribution < -0.4 is 16.4 Å². The molecule has 0 aliphatic carbocycles. The summed E-state index contributed by atoms with van der Waals surface area (Å²) in [4.78, 5) is 12.1. The molecule has 2 rings (SSSR count). The maximum atomic E-state index is 11.8. The summed E-state index contributed by atoms with van der Waals surface area (Å²) in [7, 11) is 0. The number of piperidine rings is 1. The largest absolute Gasteiger partial charge is 0.389 e. The average Bonchev–Trinajstić information content (AvgIpc) is 2.34. The number of carbonyl (C=O) groups is 1. The molecule has 1 heterocycles. The van der Waals surface area contributed by atoms with E-state index < -0.39 is 0 Å². The molecule has 1 aromatic rings. The molecule has 18 heavy (non-hydrogen) atoms. The van der Waals surface area contributed by atoms with Crippen LogP contribution >= 0.6 is 12.2 Å². The van der Waals surface area contributed by atoms with E-state index in [2.05, 4.69) is 10.6 Å². The number of aryl methyl sites for hydroxylation is 1. The minimum atomic E-state index is -0.201. The van der Waals surface area contributed by atoms with Gasteiger partial charge in [-0.2, -0.15) is 0 Å². The fourth-order valence-corrected chi connectivity index (χ4v) is 2.32. The SMILES string of the molecule is Cc1cccc(C(N)=S)c1NC1CCCNC1=O. The zero-order chi connectivity index (χ0) is 13.1. The molecule has 0 bridgehead atoms. The molecule has 1 atom stereocenters. The van der Waals surface area contributed by atoms with Crippen LogP contribution in [-0.4, -0.2) is 23.5 Å². The first-order valence-electron chi connectivity index (χ1n) is 6.03. The predicted octanol–water partition coefficient (Wildman–Crippen LogP) is 1.32. The third-order valence-electron chi connectivity index (χ3n) is 3.14. The number of hydrogen-bond donors (Lipinski definition) is 3. The fraction of sp³-hybridized carbons (Fsp3) is 0.385. The van der Waals surface area contributed by atoms with Crippen LogP contribution in [0.25, 0.3) is 0 Å². The zero-order valence-corrected chi connectivity index (χ0v) is 11.1. The van der Waals surface area contributed by atoms with Crippen molar-refractivity contribution < 1.29 is 4.79 Å². The number of anilines is 1. The van der Waals surface area contributed by atoms with Crippen molar-refractivity contribution in [2.45, 2.75) is 25.8 Å². The maximum Gasteiger partial charge on any atom is 0.242 e. The normalized spacial score (nSPS) is 19.2. The van der Waals surface area contributed by atoms with Gasteiger partial charge in [0.05, 0.1) is 0 Å². The van der Waals surface area contributed by atoms with Crippen molar-refractivity contribution in [3.05, 3.63) is 29.3 Å². The lowest BCUT2D eigenvalue weighted by Gasteiger charge is -2.25. The standard InChI is InChI=1S/C13H17N3OS/c1-8-4-2-5-9(12(14)18)11(8)16-10-6-3-7-15-13(10)17/h2,4-5,10,16H,3,6-7H2,1H3,(H2,14,18)(H,15,17). The third kappa shape index (κ3) is 2.61. The Balaban J connectivity index is 2.27. The molecule has 0 saturated carbocycles. The number of carbonyl (C=O) groups excluding carboxylic acids is 1. The van der Waals surface area contributed by atoms with Gasteiger partial charge in [0.15, 0.2) is 0 Å². The monoisotopic (exact) mass is 263 g/mol. The lowest BCUT2D eigenvalue weighted by atomic mass is 10.0. The number of hydrogen-bond acceptors (Lipinski definition) is 3. The van der Waals surface area contributed by atoms with Crippen molar-refractivity contribution in [2.24, 2.45) is 5.73 Å². The van der Waals surface area contributed by atoms with Gasteiger partial charge in [-0.15, -0.1) is 0 Å². The van der Waals surface area contributed by atoms with Gasteiger partial charge in [0.2, 0.25) is 5.91 Å². The van der Waals surface area contributed by atoms with E-state index in [0.29, 0.717) is 4.99 Å². The Bertz CT molecular complexity index is 487. The van der Waals surface area contributed by atoms with Crippen LogP contribution in [0.4, 0.5) is 5.69 Å². The summed E-state index contributed by atoms with van der Waals surface area (Å²) in [5, 5.41) is 6.12. The highest BCUT2D eigenvalue weighted by Gasteiger charge is 2.23. The number of rotatable bonds is 3. The molecule has 4 nitrogen and oxygen atoms in total. The van der Waals surface area contributed by atoms with Crippen molar-refractivity contribution in [3.8, 4) is 0 Å². The molecule has 1 aliphatic heterocycles. The van der Waals surface area contributed by atoms with Gasteiger partial charge >= 0.3 is 0 Å². The Labute approximate surface area is 112 Å². The molecule has 4 N–H and O–H groups in total. The second kappa shape index (κ2) is 5.35. The van der Waals surface area contributed by atoms with E-state index >= 15 is 0 Å². The summed E-state index contributed by atoms with van der Waals surface area (Å²) in [6, 6.07) is 5.56. The van der Waals surface area contributed by atoms with E-state index in [-0.39, 0.29) is 11.9 Å². The lowest BCUT2D eigenvalue weighted by Crippen LogP contribution is -2.44. The number of amides is 1. The van der Waals surface area contributed by atoms with Gasteiger partial charge in [-0.05, 0) is 31.4 Å². The lowest BCUT2D eigenvalue weighted by molar-refractivity contribution is -0.123. The minimum Gasteiger partial charge on any atom is -0.389 e. The fourth-order valence-electron chi connectivity index (χ4n) is 2.15. The van der Waals surface area contributed by atoms with Crippen molar-refractivity contribution in [2.75, 3.05) is 11.9 Å². The van der Waals surface area contributed by atoms with Crippen LogP contribution in [0.15, 0.2) is 18.2 Å². The maximum absolute atomic E-state index is 11.8. The zero-order valence-electron chi connectivity index (χ0n) is 10.3. The van der Waals surface area contributed by atoms with Crippen LogP contribution in [0.2, 0.25) is 0 Å². The first-order valence-corrected chi connectivity index (χ1v) is 6.44. The van der Waals surface area contributed by atoms with Crippen molar-refractivity contribution >= 4 is 28.8 Å². The summed E-state index contributed by atoms with van der Waals surface area (Å²) in [5.74, 6) is 0.0402. The summed E-state index contributed by atoms with van der Waals surface area (Å²) in [5.41, 5.74) is 8.42. The van der Waals surface area contributed by atoms with E-state index in [9.17, 15) is 4.79 Å². The van der Waals surface area contributed by atoms with Crippen LogP contribution in [0, 0.1) is 6.92 Å². The smallest absolute Gasteiger partial charge is 0.242 e. The minimum absolute atomic E-state index is 0.0402. The summed E-state index contributed by atoms with van der Waals surface area (Å²) in [6.45, 7) is 2.73. The Morgan fingerprint density at radius 1 is 1.56 bits per heavy atom. The van der Waals surface area contributed by atoms with Crippen molar-refractivity contribution in [3.63, 3.8) is 0 Å². The molecular weight excluding hydrogens is 246 g/mol. The molecule has 1 unspecified atom stereocenters. The summed E-state index contributed by atoms with van der Waals surface area (Å²) in [6.07, 6.45) is 1.81. The predicted molar refractivity (Wildman–Crippen MR) is 76.7 cm³/mol. The van der Waals surface area contributed by atoms with Crippen LogP contribution in [-0.2, 0) is 4.79 Å². The molecule has 0 radical (unpaired) electrons. The Morgan fingerprint density at radius 3 is 3.00 bits per heavy atom. The van der Waals surface area contributed by atoms with Gasteiger partial charge < -0.3 is 16.4 Å². The number of nitrogens with two attached hydrogens (primary N) is 1. The second-order valence-electron chi connectivity index (χ2n) is 4.49. The number of benzene rings is 1. The van der Waals surface area contributed by atoms with E-state index in [1.807, 2.05) is 25.1 Å². The highest BCUT2D eigenvalue weighted by molar-refractivity contribution is 7.80. The van der Waals surface area contributed by atoms with Gasteiger partial charge in [-0.25, -0.2) is 0 Å². The quantitative estimate of drug-likeness (QED) is 0.720. The van der Waals surface area contributed by atoms with Gasteiger partial charge in [-0.1, -0.05) is 24.4 Å². The van der Waals surface area contributed by atoms with Gasteiger partial charge in [0.1, 0.15) is 11.0 Å². The van der Waals surface area contributed by atoms with E-state index in [0.717, 1.165) is 36.2 Å². The average molecular weight is 263 g/mol. The van der Waals surface area contributed by atoms with Gasteiger partial charge in [-0.3, -0.25) is 4.79 Å². The molecule has 1 aromatic carbocycles. The third-order valence-corrected chi connectivity index (χ3v) is 3.36. The molecule has 1 saturated heterocycles. The Hall–Kier alpha value is -1.62. The van der Waals surface area contributed by atoms with Crippen LogP contribution in [0.1, 0.15) is 24.0 Å². The Morgan fingerprint density at radius 2 is 2.33 bits per heavy atom. The molecule has 1 aliphatic rings. The molecule has 0 spiro atoms. The highest BCUT2D eigenvalue weighted by Crippen LogP contribution is 2.23. The topological polar surface area (TPSA) is 67.2 Å². The number of para-hydroxylation sites is 1. The van der Waals surface area contributed by atoms with E-state index in [1.165, 1.54) is 0 Å². The van der Waals surface area contributed by atoms with Gasteiger partial charge in [0.25, 0.3) is 0 Å². The Kier molecular flexibility index (Phi) is 3.81. The first-order chi connectivity index (χ1) is 8.59.